The molecule has 4 heteroatoms. The molecule has 0 radical (unpaired) electrons. The third-order valence-electron chi connectivity index (χ3n) is 3.38. The van der Waals surface area contributed by atoms with Crippen LogP contribution in [0.25, 0.3) is 0 Å². The predicted octanol–water partition coefficient (Wildman–Crippen LogP) is 3.93. The Balaban J connectivity index is 2.10. The van der Waals surface area contributed by atoms with Crippen molar-refractivity contribution >= 4 is 0 Å². The summed E-state index contributed by atoms with van der Waals surface area (Å²) in [5.74, 6) is 1.70. The molecule has 0 saturated heterocycles. The van der Waals surface area contributed by atoms with Gasteiger partial charge in [-0.05, 0) is 39.8 Å². The number of aryl methyl sites for hydroxylation is 2. The zero-order valence-corrected chi connectivity index (χ0v) is 13.3. The Bertz CT molecular complexity index is 578. The molecule has 2 aromatic rings. The highest BCUT2D eigenvalue weighted by molar-refractivity contribution is 5.39. The molecule has 0 saturated carbocycles. The van der Waals surface area contributed by atoms with Crippen LogP contribution in [-0.4, -0.2) is 11.7 Å². The highest BCUT2D eigenvalue weighted by atomic mass is 16.5. The van der Waals surface area contributed by atoms with Crippen molar-refractivity contribution in [3.8, 4) is 5.75 Å². The first kappa shape index (κ1) is 15.6. The Hall–Kier alpha value is -1.81. The normalized spacial score (nSPS) is 12.4. The molecule has 1 heterocycles. The molecule has 114 valence electrons. The smallest absolute Gasteiger partial charge is 0.134 e. The van der Waals surface area contributed by atoms with Crippen molar-refractivity contribution < 1.29 is 9.26 Å². The molecular weight excluding hydrogens is 264 g/mol. The molecule has 0 amide bonds. The fourth-order valence-corrected chi connectivity index (χ4v) is 2.25. The lowest BCUT2D eigenvalue weighted by atomic mass is 10.0. The van der Waals surface area contributed by atoms with Crippen molar-refractivity contribution in [1.82, 2.24) is 10.5 Å². The Labute approximate surface area is 126 Å². The summed E-state index contributed by atoms with van der Waals surface area (Å²) in [6.45, 7) is 9.73. The van der Waals surface area contributed by atoms with E-state index in [1.54, 1.807) is 0 Å². The average molecular weight is 288 g/mol. The van der Waals surface area contributed by atoms with E-state index >= 15 is 0 Å². The number of benzene rings is 1. The van der Waals surface area contributed by atoms with Crippen LogP contribution in [0.2, 0.25) is 0 Å². The summed E-state index contributed by atoms with van der Waals surface area (Å²) in [5, 5.41) is 7.46. The van der Waals surface area contributed by atoms with Crippen molar-refractivity contribution in [2.45, 2.75) is 46.8 Å². The van der Waals surface area contributed by atoms with Crippen molar-refractivity contribution in [3.63, 3.8) is 0 Å². The van der Waals surface area contributed by atoms with Gasteiger partial charge in [0.25, 0.3) is 0 Å². The van der Waals surface area contributed by atoms with Crippen LogP contribution in [0.5, 0.6) is 5.75 Å². The Morgan fingerprint density at radius 3 is 2.76 bits per heavy atom. The molecule has 21 heavy (non-hydrogen) atoms. The molecule has 2 rings (SSSR count). The van der Waals surface area contributed by atoms with E-state index in [-0.39, 0.29) is 6.04 Å². The van der Waals surface area contributed by atoms with E-state index in [1.165, 1.54) is 11.1 Å². The highest BCUT2D eigenvalue weighted by Gasteiger charge is 2.12. The van der Waals surface area contributed by atoms with Gasteiger partial charge in [0, 0.05) is 17.7 Å². The molecule has 0 bridgehead atoms. The summed E-state index contributed by atoms with van der Waals surface area (Å²) < 4.78 is 11.0. The third-order valence-corrected chi connectivity index (χ3v) is 3.38. The molecule has 1 aromatic carbocycles. The van der Waals surface area contributed by atoms with Crippen molar-refractivity contribution in [3.05, 3.63) is 46.8 Å². The summed E-state index contributed by atoms with van der Waals surface area (Å²) in [6, 6.07) is 8.43. The quantitative estimate of drug-likeness (QED) is 0.838. The molecular formula is C17H24N2O2. The van der Waals surface area contributed by atoms with Crippen molar-refractivity contribution in [1.29, 1.82) is 0 Å². The Morgan fingerprint density at radius 1 is 1.29 bits per heavy atom. The van der Waals surface area contributed by atoms with Gasteiger partial charge in [-0.1, -0.05) is 29.8 Å². The first-order chi connectivity index (χ1) is 10.1. The van der Waals surface area contributed by atoms with E-state index in [0.717, 1.165) is 30.2 Å². The molecule has 0 aliphatic carbocycles. The summed E-state index contributed by atoms with van der Waals surface area (Å²) in [7, 11) is 0. The number of ether oxygens (including phenoxy) is 1. The van der Waals surface area contributed by atoms with Gasteiger partial charge < -0.3 is 14.6 Å². The highest BCUT2D eigenvalue weighted by Crippen LogP contribution is 2.27. The van der Waals surface area contributed by atoms with Crippen molar-refractivity contribution in [2.75, 3.05) is 6.54 Å². The largest absolute Gasteiger partial charge is 0.487 e. The minimum Gasteiger partial charge on any atom is -0.487 e. The minimum absolute atomic E-state index is 0.263. The molecule has 0 fully saturated rings. The van der Waals surface area contributed by atoms with E-state index in [4.69, 9.17) is 9.26 Å². The maximum Gasteiger partial charge on any atom is 0.134 e. The van der Waals surface area contributed by atoms with Gasteiger partial charge in [-0.15, -0.1) is 0 Å². The third kappa shape index (κ3) is 4.33. The summed E-state index contributed by atoms with van der Waals surface area (Å²) in [4.78, 5) is 0. The first-order valence-corrected chi connectivity index (χ1v) is 7.49. The van der Waals surface area contributed by atoms with Gasteiger partial charge in [0.2, 0.25) is 0 Å². The number of hydrogen-bond donors (Lipinski definition) is 1. The fraction of sp³-hybridized carbons (Fsp3) is 0.471. The second kappa shape index (κ2) is 7.27. The minimum atomic E-state index is 0.263. The van der Waals surface area contributed by atoms with E-state index in [0.29, 0.717) is 6.61 Å². The van der Waals surface area contributed by atoms with E-state index in [9.17, 15) is 0 Å². The maximum atomic E-state index is 5.93. The molecule has 4 nitrogen and oxygen atoms in total. The predicted molar refractivity (Wildman–Crippen MR) is 83.5 cm³/mol. The Kier molecular flexibility index (Phi) is 5.39. The second-order valence-corrected chi connectivity index (χ2v) is 5.43. The van der Waals surface area contributed by atoms with Crippen LogP contribution in [0.15, 0.2) is 28.8 Å². The van der Waals surface area contributed by atoms with E-state index in [2.05, 4.69) is 43.4 Å². The lowest BCUT2D eigenvalue weighted by Gasteiger charge is -2.18. The monoisotopic (exact) mass is 288 g/mol. The van der Waals surface area contributed by atoms with Gasteiger partial charge in [0.05, 0.1) is 0 Å². The van der Waals surface area contributed by atoms with Crippen LogP contribution in [0.4, 0.5) is 0 Å². The number of hydrogen-bond acceptors (Lipinski definition) is 4. The fourth-order valence-electron chi connectivity index (χ4n) is 2.25. The molecule has 1 N–H and O–H groups in total. The van der Waals surface area contributed by atoms with Crippen LogP contribution in [0.3, 0.4) is 0 Å². The maximum absolute atomic E-state index is 5.93. The van der Waals surface area contributed by atoms with Gasteiger partial charge in [-0.2, -0.15) is 0 Å². The number of nitrogens with zero attached hydrogens (tertiary/aromatic N) is 1. The number of rotatable bonds is 7. The van der Waals surface area contributed by atoms with Crippen LogP contribution >= 0.6 is 0 Å². The Morgan fingerprint density at radius 2 is 2.10 bits per heavy atom. The number of nitrogens with one attached hydrogen (secondary N) is 1. The van der Waals surface area contributed by atoms with Gasteiger partial charge in [-0.3, -0.25) is 0 Å². The van der Waals surface area contributed by atoms with Gasteiger partial charge in [0.1, 0.15) is 23.8 Å². The average Bonchev–Trinajstić information content (AvgIpc) is 2.89. The molecule has 1 atom stereocenters. The summed E-state index contributed by atoms with van der Waals surface area (Å²) >= 11 is 0. The van der Waals surface area contributed by atoms with Crippen LogP contribution in [-0.2, 0) is 6.61 Å². The zero-order valence-electron chi connectivity index (χ0n) is 13.3. The van der Waals surface area contributed by atoms with Gasteiger partial charge in [-0.25, -0.2) is 0 Å². The second-order valence-electron chi connectivity index (χ2n) is 5.43. The molecule has 1 unspecified atom stereocenters. The van der Waals surface area contributed by atoms with Crippen molar-refractivity contribution in [2.24, 2.45) is 0 Å². The summed E-state index contributed by atoms with van der Waals surface area (Å²) in [5.41, 5.74) is 3.23. The first-order valence-electron chi connectivity index (χ1n) is 7.49. The van der Waals surface area contributed by atoms with Crippen LogP contribution < -0.4 is 10.1 Å². The lowest BCUT2D eigenvalue weighted by molar-refractivity contribution is 0.282. The molecule has 0 spiro atoms. The lowest BCUT2D eigenvalue weighted by Crippen LogP contribution is -2.20. The van der Waals surface area contributed by atoms with Crippen LogP contribution in [0, 0.1) is 13.8 Å². The topological polar surface area (TPSA) is 47.3 Å². The molecule has 1 aromatic heterocycles. The van der Waals surface area contributed by atoms with Crippen LogP contribution in [0.1, 0.15) is 48.9 Å². The SMILES string of the molecule is CCCNC(C)c1cc(C)ccc1OCc1cc(C)on1. The summed E-state index contributed by atoms with van der Waals surface area (Å²) in [6.07, 6.45) is 1.12. The van der Waals surface area contributed by atoms with E-state index < -0.39 is 0 Å². The zero-order chi connectivity index (χ0) is 15.2. The van der Waals surface area contributed by atoms with Gasteiger partial charge in [0.15, 0.2) is 0 Å². The van der Waals surface area contributed by atoms with Gasteiger partial charge >= 0.3 is 0 Å². The van der Waals surface area contributed by atoms with E-state index in [1.807, 2.05) is 19.1 Å². The molecule has 0 aliphatic rings. The number of aromatic nitrogens is 1. The standard InChI is InChI=1S/C17H24N2O2/c1-5-8-18-14(4)16-9-12(2)6-7-17(16)20-11-15-10-13(3)21-19-15/h6-7,9-10,14,18H,5,8,11H2,1-4H3. The molecule has 0 aliphatic heterocycles.